The monoisotopic (exact) mass is 446 g/mol. The van der Waals surface area contributed by atoms with Crippen LogP contribution in [0.3, 0.4) is 0 Å². The fourth-order valence-electron chi connectivity index (χ4n) is 2.87. The summed E-state index contributed by atoms with van der Waals surface area (Å²) >= 11 is 0. The normalized spacial score (nSPS) is 9.19. The predicted octanol–water partition coefficient (Wildman–Crippen LogP) is 8.32. The molecule has 2 rings (SSSR count). The Bertz CT molecular complexity index is 1140. The first kappa shape index (κ1) is 24.4. The lowest BCUT2D eigenvalue weighted by molar-refractivity contribution is 0.304. The number of rotatable bonds is 10. The van der Waals surface area contributed by atoms with Gasteiger partial charge in [-0.15, -0.1) is 6.42 Å². The van der Waals surface area contributed by atoms with Gasteiger partial charge in [-0.25, -0.2) is 4.39 Å². The molecule has 0 amide bonds. The second-order valence-corrected chi connectivity index (χ2v) is 6.85. The molecule has 0 aromatic heterocycles. The molecule has 0 aliphatic heterocycles. The maximum atomic E-state index is 14.5. The third kappa shape index (κ3) is 8.11. The lowest BCUT2D eigenvalue weighted by atomic mass is 10.0. The van der Waals surface area contributed by atoms with Crippen LogP contribution in [-0.2, 0) is 0 Å². The zero-order valence-electron chi connectivity index (χ0n) is 18.1. The Morgan fingerprint density at radius 3 is 2.25 bits per heavy atom. The van der Waals surface area contributed by atoms with Crippen LogP contribution in [0.5, 0.6) is 11.5 Å². The van der Waals surface area contributed by atoms with Gasteiger partial charge in [0.2, 0.25) is 5.82 Å². The van der Waals surface area contributed by atoms with Crippen LogP contribution in [0.4, 0.5) is 8.78 Å². The number of hydrogen-bond acceptors (Lipinski definition) is 2. The maximum absolute atomic E-state index is 14.5. The number of benzene rings is 2. The van der Waals surface area contributed by atoms with E-state index in [9.17, 15) is 8.78 Å². The van der Waals surface area contributed by atoms with Gasteiger partial charge in [-0.3, -0.25) is 0 Å². The van der Waals surface area contributed by atoms with E-state index in [2.05, 4.69) is 48.6 Å². The highest BCUT2D eigenvalue weighted by molar-refractivity contribution is 5.66. The first-order chi connectivity index (χ1) is 15.7. The molecule has 0 bridgehead atoms. The van der Waals surface area contributed by atoms with Crippen molar-refractivity contribution in [1.82, 2.24) is 0 Å². The molecule has 4 heteroatoms. The molecule has 178 valence electrons. The molecular formula is C28H40F2O2. The van der Waals surface area contributed by atoms with Gasteiger partial charge in [0.05, 0.1) is 6.61 Å². The second kappa shape index (κ2) is 14.2. The van der Waals surface area contributed by atoms with Crippen LogP contribution in [0.15, 0.2) is 36.4 Å². The lowest BCUT2D eigenvalue weighted by Gasteiger charge is -2.09. The summed E-state index contributed by atoms with van der Waals surface area (Å²) in [5.41, 5.74) is 0.651. The van der Waals surface area contributed by atoms with Crippen molar-refractivity contribution in [2.75, 3.05) is 6.61 Å². The van der Waals surface area contributed by atoms with Crippen LogP contribution in [0, 0.1) is 59.7 Å². The first-order valence-electron chi connectivity index (χ1n) is 10.5. The number of halogens is 2. The molecule has 0 radical (unpaired) electrons. The van der Waals surface area contributed by atoms with Gasteiger partial charge < -0.3 is 9.47 Å². The third-order valence-corrected chi connectivity index (χ3v) is 4.51. The van der Waals surface area contributed by atoms with Gasteiger partial charge in [-0.1, -0.05) is 51.2 Å². The van der Waals surface area contributed by atoms with Crippen molar-refractivity contribution in [2.24, 2.45) is 0 Å². The molecule has 0 atom stereocenters. The SMILES string of the molecule is C#CC#CC#CC#COc1ccc(-c2ccc(OCCCCCCCC)cc2)c(F)c1F.[HH].[HH].[HH].[HH].[HH].[HH].[HH].[HH]. The summed E-state index contributed by atoms with van der Waals surface area (Å²) in [4.78, 5) is 0. The van der Waals surface area contributed by atoms with Crippen LogP contribution in [0.2, 0.25) is 0 Å². The summed E-state index contributed by atoms with van der Waals surface area (Å²) in [7, 11) is 0. The highest BCUT2D eigenvalue weighted by Gasteiger charge is 2.15. The van der Waals surface area contributed by atoms with E-state index >= 15 is 0 Å². The van der Waals surface area contributed by atoms with E-state index in [-0.39, 0.29) is 22.7 Å². The molecule has 0 fully saturated rings. The van der Waals surface area contributed by atoms with Gasteiger partial charge in [0.25, 0.3) is 0 Å². The molecule has 0 N–H and O–H groups in total. The van der Waals surface area contributed by atoms with Crippen LogP contribution >= 0.6 is 0 Å². The molecule has 32 heavy (non-hydrogen) atoms. The lowest BCUT2D eigenvalue weighted by Crippen LogP contribution is -1.98. The van der Waals surface area contributed by atoms with E-state index in [1.54, 1.807) is 24.3 Å². The first-order valence-corrected chi connectivity index (χ1v) is 10.5. The molecule has 2 aromatic carbocycles. The summed E-state index contributed by atoms with van der Waals surface area (Å²) in [6, 6.07) is 9.65. The molecule has 2 nitrogen and oxygen atoms in total. The molecule has 2 aromatic rings. The standard InChI is InChI=1S/C28H24F2O2.8H2/c1-3-5-7-9-11-13-21-31-24-17-15-23(16-18-24)25-19-20-26(28(30)27(25)29)32-22-14-12-10-8-6-4-2;;;;;;;;/h2,15-20H,3,5,7,9,11,13,21H2,1H3;8*1H. The molecule has 0 aliphatic carbocycles. The fraction of sp³-hybridized carbons (Fsp3) is 0.286. The topological polar surface area (TPSA) is 18.5 Å². The summed E-state index contributed by atoms with van der Waals surface area (Å²) in [6.45, 7) is 2.84. The molecule has 0 unspecified atom stereocenters. The van der Waals surface area contributed by atoms with E-state index in [4.69, 9.17) is 15.9 Å². The van der Waals surface area contributed by atoms with E-state index in [1.165, 1.54) is 37.8 Å². The Balaban J connectivity index is -0.000000272. The van der Waals surface area contributed by atoms with Crippen molar-refractivity contribution in [3.63, 3.8) is 0 Å². The third-order valence-electron chi connectivity index (χ3n) is 4.51. The highest BCUT2D eigenvalue weighted by Crippen LogP contribution is 2.30. The summed E-state index contributed by atoms with van der Waals surface area (Å²) in [6.07, 6.45) is 14.3. The average Bonchev–Trinajstić information content (AvgIpc) is 2.81. The molecular weight excluding hydrogens is 406 g/mol. The fourth-order valence-corrected chi connectivity index (χ4v) is 2.87. The number of terminal acetylenes is 1. The average molecular weight is 447 g/mol. The van der Waals surface area contributed by atoms with E-state index < -0.39 is 11.6 Å². The Morgan fingerprint density at radius 2 is 1.50 bits per heavy atom. The minimum absolute atomic E-state index is 0. The highest BCUT2D eigenvalue weighted by atomic mass is 19.2. The largest absolute Gasteiger partial charge is 0.494 e. The zero-order chi connectivity index (χ0) is 23.0. The van der Waals surface area contributed by atoms with Crippen molar-refractivity contribution in [3.8, 4) is 70.7 Å². The van der Waals surface area contributed by atoms with Crippen LogP contribution in [0.25, 0.3) is 11.1 Å². The van der Waals surface area contributed by atoms with E-state index in [1.807, 2.05) is 0 Å². The predicted molar refractivity (Wildman–Crippen MR) is 140 cm³/mol. The van der Waals surface area contributed by atoms with Gasteiger partial charge in [0, 0.05) is 34.7 Å². The number of hydrogen-bond donors (Lipinski definition) is 0. The Labute approximate surface area is 201 Å². The summed E-state index contributed by atoms with van der Waals surface area (Å²) in [5, 5.41) is 0. The second-order valence-electron chi connectivity index (χ2n) is 6.85. The van der Waals surface area contributed by atoms with Gasteiger partial charge in [-0.2, -0.15) is 4.39 Å². The number of unbranched alkanes of at least 4 members (excludes halogenated alkanes) is 5. The zero-order valence-corrected chi connectivity index (χ0v) is 18.1. The van der Waals surface area contributed by atoms with Crippen molar-refractivity contribution in [1.29, 1.82) is 0 Å². The van der Waals surface area contributed by atoms with Gasteiger partial charge >= 0.3 is 0 Å². The maximum Gasteiger partial charge on any atom is 0.203 e. The molecule has 0 spiro atoms. The molecule has 0 saturated heterocycles. The molecule has 0 aliphatic rings. The van der Waals surface area contributed by atoms with Gasteiger partial charge in [0.1, 0.15) is 11.9 Å². The number of ether oxygens (including phenoxy) is 2. The van der Waals surface area contributed by atoms with Crippen LogP contribution < -0.4 is 9.47 Å². The molecule has 0 saturated carbocycles. The van der Waals surface area contributed by atoms with Gasteiger partial charge in [-0.05, 0) is 54.0 Å². The minimum atomic E-state index is -1.12. The Hall–Kier alpha value is -3.86. The Morgan fingerprint density at radius 1 is 0.812 bits per heavy atom. The summed E-state index contributed by atoms with van der Waals surface area (Å²) in [5.74, 6) is 12.0. The van der Waals surface area contributed by atoms with Crippen molar-refractivity contribution < 1.29 is 29.7 Å². The van der Waals surface area contributed by atoms with Crippen LogP contribution in [0.1, 0.15) is 56.9 Å². The van der Waals surface area contributed by atoms with Gasteiger partial charge in [0.15, 0.2) is 11.6 Å². The smallest absolute Gasteiger partial charge is 0.203 e. The molecule has 0 heterocycles. The summed E-state index contributed by atoms with van der Waals surface area (Å²) < 4.78 is 39.5. The minimum Gasteiger partial charge on any atom is -0.494 e. The Kier molecular flexibility index (Phi) is 10.8. The quantitative estimate of drug-likeness (QED) is 0.270. The van der Waals surface area contributed by atoms with E-state index in [0.29, 0.717) is 17.9 Å². The van der Waals surface area contributed by atoms with Crippen molar-refractivity contribution in [2.45, 2.75) is 45.4 Å². The van der Waals surface area contributed by atoms with Crippen molar-refractivity contribution >= 4 is 0 Å². The van der Waals surface area contributed by atoms with E-state index in [0.717, 1.165) is 12.8 Å². The van der Waals surface area contributed by atoms with Crippen LogP contribution in [-0.4, -0.2) is 6.61 Å². The van der Waals surface area contributed by atoms with Crippen molar-refractivity contribution in [3.05, 3.63) is 48.0 Å².